The van der Waals surface area contributed by atoms with E-state index < -0.39 is 17.5 Å². The molecule has 0 radical (unpaired) electrons. The van der Waals surface area contributed by atoms with Gasteiger partial charge >= 0.3 is 0 Å². The van der Waals surface area contributed by atoms with Crippen LogP contribution in [0.15, 0.2) is 12.1 Å². The SMILES string of the molecule is CCCCCCNc1c(F)cc(F)cc1F. The van der Waals surface area contributed by atoms with Gasteiger partial charge in [0.15, 0.2) is 11.6 Å². The van der Waals surface area contributed by atoms with Gasteiger partial charge < -0.3 is 5.32 Å². The van der Waals surface area contributed by atoms with Gasteiger partial charge in [0.05, 0.1) is 0 Å². The Balaban J connectivity index is 2.47. The molecule has 0 aromatic heterocycles. The van der Waals surface area contributed by atoms with E-state index in [1.165, 1.54) is 0 Å². The molecule has 0 amide bonds. The van der Waals surface area contributed by atoms with Crippen LogP contribution in [0.2, 0.25) is 0 Å². The topological polar surface area (TPSA) is 12.0 Å². The molecule has 1 aromatic rings. The normalized spacial score (nSPS) is 10.5. The smallest absolute Gasteiger partial charge is 0.152 e. The van der Waals surface area contributed by atoms with E-state index in [0.717, 1.165) is 25.7 Å². The summed E-state index contributed by atoms with van der Waals surface area (Å²) in [5.41, 5.74) is -0.238. The third-order valence-corrected chi connectivity index (χ3v) is 2.34. The molecule has 0 aliphatic heterocycles. The molecule has 0 atom stereocenters. The van der Waals surface area contributed by atoms with Gasteiger partial charge in [-0.2, -0.15) is 0 Å². The largest absolute Gasteiger partial charge is 0.380 e. The highest BCUT2D eigenvalue weighted by Crippen LogP contribution is 2.20. The lowest BCUT2D eigenvalue weighted by atomic mass is 10.2. The monoisotopic (exact) mass is 231 g/mol. The average Bonchev–Trinajstić information content (AvgIpc) is 2.20. The van der Waals surface area contributed by atoms with Crippen molar-refractivity contribution in [3.63, 3.8) is 0 Å². The number of nitrogens with one attached hydrogen (secondary N) is 1. The summed E-state index contributed by atoms with van der Waals surface area (Å²) in [6, 6.07) is 1.36. The van der Waals surface area contributed by atoms with Crippen molar-refractivity contribution in [1.82, 2.24) is 0 Å². The van der Waals surface area contributed by atoms with Crippen molar-refractivity contribution >= 4 is 5.69 Å². The third kappa shape index (κ3) is 3.76. The van der Waals surface area contributed by atoms with E-state index >= 15 is 0 Å². The molecule has 1 nitrogen and oxygen atoms in total. The minimum absolute atomic E-state index is 0.238. The van der Waals surface area contributed by atoms with E-state index in [1.807, 2.05) is 0 Å². The lowest BCUT2D eigenvalue weighted by Crippen LogP contribution is -2.06. The number of benzene rings is 1. The van der Waals surface area contributed by atoms with Gasteiger partial charge in [-0.05, 0) is 6.42 Å². The summed E-state index contributed by atoms with van der Waals surface area (Å²) in [5.74, 6) is -2.66. The first-order valence-corrected chi connectivity index (χ1v) is 5.53. The average molecular weight is 231 g/mol. The maximum absolute atomic E-state index is 13.1. The highest BCUT2D eigenvalue weighted by molar-refractivity contribution is 5.46. The molecular formula is C12H16F3N. The first-order valence-electron chi connectivity index (χ1n) is 5.53. The maximum atomic E-state index is 13.1. The van der Waals surface area contributed by atoms with E-state index in [1.54, 1.807) is 0 Å². The van der Waals surface area contributed by atoms with Crippen molar-refractivity contribution in [3.8, 4) is 0 Å². The fourth-order valence-electron chi connectivity index (χ4n) is 1.48. The Hall–Kier alpha value is -1.19. The number of halogens is 3. The van der Waals surface area contributed by atoms with Crippen LogP contribution >= 0.6 is 0 Å². The molecule has 0 aliphatic rings. The van der Waals surface area contributed by atoms with Crippen LogP contribution in [0.1, 0.15) is 32.6 Å². The van der Waals surface area contributed by atoms with Crippen LogP contribution in [-0.2, 0) is 0 Å². The van der Waals surface area contributed by atoms with Gasteiger partial charge in [-0.15, -0.1) is 0 Å². The molecule has 1 N–H and O–H groups in total. The molecule has 16 heavy (non-hydrogen) atoms. The molecule has 0 aliphatic carbocycles. The van der Waals surface area contributed by atoms with Crippen molar-refractivity contribution in [3.05, 3.63) is 29.6 Å². The van der Waals surface area contributed by atoms with Gasteiger partial charge in [0, 0.05) is 18.7 Å². The predicted octanol–water partition coefficient (Wildman–Crippen LogP) is 4.10. The lowest BCUT2D eigenvalue weighted by Gasteiger charge is -2.08. The van der Waals surface area contributed by atoms with E-state index in [9.17, 15) is 13.2 Å². The Kier molecular flexibility index (Phi) is 5.15. The molecule has 4 heteroatoms. The molecule has 0 bridgehead atoms. The molecule has 0 heterocycles. The maximum Gasteiger partial charge on any atom is 0.152 e. The Labute approximate surface area is 93.7 Å². The summed E-state index contributed by atoms with van der Waals surface area (Å²) in [4.78, 5) is 0. The highest BCUT2D eigenvalue weighted by Gasteiger charge is 2.10. The number of unbranched alkanes of at least 4 members (excludes halogenated alkanes) is 3. The van der Waals surface area contributed by atoms with Crippen LogP contribution in [0, 0.1) is 17.5 Å². The second-order valence-electron chi connectivity index (χ2n) is 3.73. The van der Waals surface area contributed by atoms with Crippen LogP contribution < -0.4 is 5.32 Å². The summed E-state index contributed by atoms with van der Waals surface area (Å²) in [6.07, 6.45) is 4.09. The van der Waals surface area contributed by atoms with Gasteiger partial charge in [0.2, 0.25) is 0 Å². The predicted molar refractivity (Wildman–Crippen MR) is 58.9 cm³/mol. The van der Waals surface area contributed by atoms with Crippen LogP contribution in [-0.4, -0.2) is 6.54 Å². The Bertz CT molecular complexity index is 316. The second-order valence-corrected chi connectivity index (χ2v) is 3.73. The van der Waals surface area contributed by atoms with E-state index in [0.29, 0.717) is 18.7 Å². The second kappa shape index (κ2) is 6.40. The summed E-state index contributed by atoms with van der Waals surface area (Å²) < 4.78 is 38.9. The molecule has 1 aromatic carbocycles. The van der Waals surface area contributed by atoms with Crippen LogP contribution in [0.3, 0.4) is 0 Å². The van der Waals surface area contributed by atoms with Crippen LogP contribution in [0.5, 0.6) is 0 Å². The van der Waals surface area contributed by atoms with Gasteiger partial charge in [-0.3, -0.25) is 0 Å². The molecule has 0 fully saturated rings. The summed E-state index contributed by atoms with van der Waals surface area (Å²) in [7, 11) is 0. The number of hydrogen-bond acceptors (Lipinski definition) is 1. The zero-order chi connectivity index (χ0) is 12.0. The molecule has 0 unspecified atom stereocenters. The van der Waals surface area contributed by atoms with Gasteiger partial charge in [0.1, 0.15) is 11.5 Å². The Morgan fingerprint density at radius 3 is 2.19 bits per heavy atom. The summed E-state index contributed by atoms with van der Waals surface area (Å²) >= 11 is 0. The fourth-order valence-corrected chi connectivity index (χ4v) is 1.48. The van der Waals surface area contributed by atoms with Gasteiger partial charge in [0.25, 0.3) is 0 Å². The number of hydrogen-bond donors (Lipinski definition) is 1. The zero-order valence-electron chi connectivity index (χ0n) is 9.32. The molecule has 1 rings (SSSR count). The van der Waals surface area contributed by atoms with Gasteiger partial charge in [-0.1, -0.05) is 26.2 Å². The quantitative estimate of drug-likeness (QED) is 0.727. The summed E-state index contributed by atoms with van der Waals surface area (Å²) in [5, 5.41) is 2.65. The Morgan fingerprint density at radius 2 is 1.62 bits per heavy atom. The van der Waals surface area contributed by atoms with Gasteiger partial charge in [-0.25, -0.2) is 13.2 Å². The fraction of sp³-hybridized carbons (Fsp3) is 0.500. The van der Waals surface area contributed by atoms with Crippen molar-refractivity contribution in [2.24, 2.45) is 0 Å². The molecule has 0 spiro atoms. The molecule has 90 valence electrons. The van der Waals surface area contributed by atoms with E-state index in [2.05, 4.69) is 12.2 Å². The van der Waals surface area contributed by atoms with E-state index in [4.69, 9.17) is 0 Å². The number of anilines is 1. The first-order chi connectivity index (χ1) is 7.65. The Morgan fingerprint density at radius 1 is 1.00 bits per heavy atom. The van der Waals surface area contributed by atoms with Crippen molar-refractivity contribution in [1.29, 1.82) is 0 Å². The standard InChI is InChI=1S/C12H16F3N/c1-2-3-4-5-6-16-12-10(14)7-9(13)8-11(12)15/h7-8,16H,2-6H2,1H3. The molecule has 0 saturated carbocycles. The molecule has 0 saturated heterocycles. The highest BCUT2D eigenvalue weighted by atomic mass is 19.1. The lowest BCUT2D eigenvalue weighted by molar-refractivity contribution is 0.546. The minimum atomic E-state index is -0.897. The van der Waals surface area contributed by atoms with Crippen LogP contribution in [0.4, 0.5) is 18.9 Å². The van der Waals surface area contributed by atoms with Crippen molar-refractivity contribution in [2.45, 2.75) is 32.6 Å². The third-order valence-electron chi connectivity index (χ3n) is 2.34. The zero-order valence-corrected chi connectivity index (χ0v) is 9.32. The minimum Gasteiger partial charge on any atom is -0.380 e. The number of rotatable bonds is 6. The van der Waals surface area contributed by atoms with Crippen LogP contribution in [0.25, 0.3) is 0 Å². The molecular weight excluding hydrogens is 215 g/mol. The van der Waals surface area contributed by atoms with Crippen molar-refractivity contribution < 1.29 is 13.2 Å². The van der Waals surface area contributed by atoms with E-state index in [-0.39, 0.29) is 5.69 Å². The van der Waals surface area contributed by atoms with Crippen molar-refractivity contribution in [2.75, 3.05) is 11.9 Å². The first kappa shape index (κ1) is 12.9. The summed E-state index contributed by atoms with van der Waals surface area (Å²) in [6.45, 7) is 2.59.